The fourth-order valence-electron chi connectivity index (χ4n) is 2.86. The second kappa shape index (κ2) is 6.24. The fourth-order valence-corrected chi connectivity index (χ4v) is 2.86. The van der Waals surface area contributed by atoms with Crippen LogP contribution in [0.4, 0.5) is 0 Å². The van der Waals surface area contributed by atoms with Gasteiger partial charge in [0, 0.05) is 12.1 Å². The lowest BCUT2D eigenvalue weighted by Gasteiger charge is -2.29. The van der Waals surface area contributed by atoms with Crippen LogP contribution in [0, 0.1) is 0 Å². The van der Waals surface area contributed by atoms with Gasteiger partial charge in [0.25, 0.3) is 0 Å². The third kappa shape index (κ3) is 3.05. The van der Waals surface area contributed by atoms with Crippen LogP contribution < -0.4 is 10.1 Å². The average Bonchev–Trinajstić information content (AvgIpc) is 2.43. The summed E-state index contributed by atoms with van der Waals surface area (Å²) >= 11 is 0. The molecule has 1 aromatic carbocycles. The minimum atomic E-state index is 0.634. The molecule has 1 aliphatic carbocycles. The molecule has 0 saturated heterocycles. The van der Waals surface area contributed by atoms with E-state index >= 15 is 0 Å². The van der Waals surface area contributed by atoms with Gasteiger partial charge in [0.05, 0.1) is 7.11 Å². The molecule has 2 heteroatoms. The number of benzene rings is 1. The monoisotopic (exact) mass is 247 g/mol. The van der Waals surface area contributed by atoms with Crippen molar-refractivity contribution in [3.05, 3.63) is 29.3 Å². The molecule has 0 amide bonds. The van der Waals surface area contributed by atoms with Crippen LogP contribution in [0.3, 0.4) is 0 Å². The van der Waals surface area contributed by atoms with E-state index in [-0.39, 0.29) is 0 Å². The molecule has 2 rings (SSSR count). The van der Waals surface area contributed by atoms with E-state index in [9.17, 15) is 0 Å². The molecular weight excluding hydrogens is 222 g/mol. The Bertz CT molecular complexity index is 385. The van der Waals surface area contributed by atoms with Crippen LogP contribution in [0.25, 0.3) is 0 Å². The van der Waals surface area contributed by atoms with Gasteiger partial charge in [-0.2, -0.15) is 0 Å². The maximum atomic E-state index is 5.32. The summed E-state index contributed by atoms with van der Waals surface area (Å²) in [5.41, 5.74) is 2.96. The smallest absolute Gasteiger partial charge is 0.119 e. The summed E-state index contributed by atoms with van der Waals surface area (Å²) in [6.07, 6.45) is 6.03. The van der Waals surface area contributed by atoms with Crippen molar-refractivity contribution in [1.82, 2.24) is 5.32 Å². The number of hydrogen-bond donors (Lipinski definition) is 1. The Balaban J connectivity index is 2.04. The molecule has 0 aliphatic heterocycles. The quantitative estimate of drug-likeness (QED) is 0.861. The first-order chi connectivity index (χ1) is 8.76. The lowest BCUT2D eigenvalue weighted by molar-refractivity contribution is 0.376. The van der Waals surface area contributed by atoms with Crippen molar-refractivity contribution in [3.8, 4) is 5.75 Å². The van der Waals surface area contributed by atoms with Crippen LogP contribution in [0.2, 0.25) is 0 Å². The van der Waals surface area contributed by atoms with Gasteiger partial charge < -0.3 is 10.1 Å². The second-order valence-electron chi connectivity index (χ2n) is 5.25. The third-order valence-corrected chi connectivity index (χ3v) is 4.10. The molecule has 0 bridgehead atoms. The Hall–Kier alpha value is -1.02. The van der Waals surface area contributed by atoms with E-state index in [2.05, 4.69) is 37.4 Å². The Morgan fingerprint density at radius 2 is 2.06 bits per heavy atom. The highest BCUT2D eigenvalue weighted by Crippen LogP contribution is 2.26. The van der Waals surface area contributed by atoms with Crippen LogP contribution in [0.15, 0.2) is 18.2 Å². The number of fused-ring (bicyclic) bond motifs is 1. The molecule has 100 valence electrons. The van der Waals surface area contributed by atoms with Crippen LogP contribution in [0.1, 0.15) is 44.2 Å². The SMILES string of the molecule is CCC(CC)NC1CCc2ccc(OC)cc2C1. The average molecular weight is 247 g/mol. The van der Waals surface area contributed by atoms with Gasteiger partial charge in [-0.1, -0.05) is 19.9 Å². The van der Waals surface area contributed by atoms with Crippen LogP contribution in [-0.2, 0) is 12.8 Å². The maximum absolute atomic E-state index is 5.32. The number of rotatable bonds is 5. The summed E-state index contributed by atoms with van der Waals surface area (Å²) in [6, 6.07) is 7.81. The first-order valence-corrected chi connectivity index (χ1v) is 7.18. The van der Waals surface area contributed by atoms with Crippen molar-refractivity contribution in [1.29, 1.82) is 0 Å². The highest BCUT2D eigenvalue weighted by Gasteiger charge is 2.20. The molecule has 1 unspecified atom stereocenters. The molecule has 0 saturated carbocycles. The summed E-state index contributed by atoms with van der Waals surface area (Å²) in [5.74, 6) is 0.983. The molecule has 18 heavy (non-hydrogen) atoms. The molecule has 0 heterocycles. The topological polar surface area (TPSA) is 21.3 Å². The number of hydrogen-bond acceptors (Lipinski definition) is 2. The van der Waals surface area contributed by atoms with E-state index in [1.807, 2.05) is 0 Å². The largest absolute Gasteiger partial charge is 0.497 e. The van der Waals surface area contributed by atoms with Crippen molar-refractivity contribution in [2.24, 2.45) is 0 Å². The first kappa shape index (κ1) is 13.4. The highest BCUT2D eigenvalue weighted by atomic mass is 16.5. The van der Waals surface area contributed by atoms with Gasteiger partial charge >= 0.3 is 0 Å². The molecule has 1 aromatic rings. The summed E-state index contributed by atoms with van der Waals surface area (Å²) in [5, 5.41) is 3.79. The Morgan fingerprint density at radius 3 is 2.72 bits per heavy atom. The summed E-state index contributed by atoms with van der Waals surface area (Å²) in [4.78, 5) is 0. The molecule has 1 N–H and O–H groups in total. The van der Waals surface area contributed by atoms with E-state index in [1.54, 1.807) is 7.11 Å². The normalized spacial score (nSPS) is 18.8. The predicted molar refractivity (Wildman–Crippen MR) is 76.3 cm³/mol. The number of ether oxygens (including phenoxy) is 1. The molecular formula is C16H25NO. The summed E-state index contributed by atoms with van der Waals surface area (Å²) in [6.45, 7) is 4.53. The minimum Gasteiger partial charge on any atom is -0.497 e. The van der Waals surface area contributed by atoms with Crippen molar-refractivity contribution >= 4 is 0 Å². The Labute approximate surface area is 111 Å². The van der Waals surface area contributed by atoms with Crippen molar-refractivity contribution in [2.75, 3.05) is 7.11 Å². The van der Waals surface area contributed by atoms with Gasteiger partial charge in [-0.3, -0.25) is 0 Å². The maximum Gasteiger partial charge on any atom is 0.119 e. The van der Waals surface area contributed by atoms with Crippen LogP contribution in [0.5, 0.6) is 5.75 Å². The van der Waals surface area contributed by atoms with E-state index in [0.717, 1.165) is 12.2 Å². The van der Waals surface area contributed by atoms with Crippen LogP contribution in [-0.4, -0.2) is 19.2 Å². The van der Waals surface area contributed by atoms with E-state index in [1.165, 1.54) is 36.8 Å². The first-order valence-electron chi connectivity index (χ1n) is 7.18. The molecule has 0 aromatic heterocycles. The van der Waals surface area contributed by atoms with Crippen molar-refractivity contribution < 1.29 is 4.74 Å². The van der Waals surface area contributed by atoms with Gasteiger partial charge in [0.2, 0.25) is 0 Å². The van der Waals surface area contributed by atoms with Gasteiger partial charge in [-0.15, -0.1) is 0 Å². The van der Waals surface area contributed by atoms with Gasteiger partial charge in [0.15, 0.2) is 0 Å². The summed E-state index contributed by atoms with van der Waals surface area (Å²) < 4.78 is 5.32. The predicted octanol–water partition coefficient (Wildman–Crippen LogP) is 3.33. The van der Waals surface area contributed by atoms with Gasteiger partial charge in [-0.05, 0) is 55.4 Å². The molecule has 0 fully saturated rings. The molecule has 0 spiro atoms. The number of nitrogens with one attached hydrogen (secondary N) is 1. The molecule has 1 atom stereocenters. The van der Waals surface area contributed by atoms with E-state index in [4.69, 9.17) is 4.74 Å². The lowest BCUT2D eigenvalue weighted by Crippen LogP contribution is -2.41. The molecule has 2 nitrogen and oxygen atoms in total. The van der Waals surface area contributed by atoms with E-state index in [0.29, 0.717) is 12.1 Å². The van der Waals surface area contributed by atoms with Crippen molar-refractivity contribution in [2.45, 2.75) is 58.0 Å². The number of methoxy groups -OCH3 is 1. The second-order valence-corrected chi connectivity index (χ2v) is 5.25. The Kier molecular flexibility index (Phi) is 4.65. The van der Waals surface area contributed by atoms with E-state index < -0.39 is 0 Å². The zero-order valence-corrected chi connectivity index (χ0v) is 11.8. The molecule has 1 aliphatic rings. The lowest BCUT2D eigenvalue weighted by atomic mass is 9.87. The molecule has 0 radical (unpaired) electrons. The standard InChI is InChI=1S/C16H25NO/c1-4-14(5-2)17-15-8-6-12-7-9-16(18-3)11-13(12)10-15/h7,9,11,14-15,17H,4-6,8,10H2,1-3H3. The summed E-state index contributed by atoms with van der Waals surface area (Å²) in [7, 11) is 1.74. The third-order valence-electron chi connectivity index (χ3n) is 4.10. The zero-order chi connectivity index (χ0) is 13.0. The zero-order valence-electron chi connectivity index (χ0n) is 11.8. The Morgan fingerprint density at radius 1 is 1.28 bits per heavy atom. The van der Waals surface area contributed by atoms with Crippen molar-refractivity contribution in [3.63, 3.8) is 0 Å². The van der Waals surface area contributed by atoms with Crippen LogP contribution >= 0.6 is 0 Å². The minimum absolute atomic E-state index is 0.634. The van der Waals surface area contributed by atoms with Gasteiger partial charge in [0.1, 0.15) is 5.75 Å². The number of aryl methyl sites for hydroxylation is 1. The fraction of sp³-hybridized carbons (Fsp3) is 0.625. The van der Waals surface area contributed by atoms with Gasteiger partial charge in [-0.25, -0.2) is 0 Å². The highest BCUT2D eigenvalue weighted by molar-refractivity contribution is 5.37.